The number of carbonyl (C=O) groups is 1. The van der Waals surface area contributed by atoms with Crippen LogP contribution in [0.2, 0.25) is 0 Å². The number of para-hydroxylation sites is 1. The molecule has 0 unspecified atom stereocenters. The molecule has 0 atom stereocenters. The number of halogens is 1. The van der Waals surface area contributed by atoms with Crippen LogP contribution < -0.4 is 9.47 Å². The molecule has 1 N–H and O–H groups in total. The number of hydrogen-bond acceptors (Lipinski definition) is 4. The Kier molecular flexibility index (Phi) is 6.36. The predicted octanol–water partition coefficient (Wildman–Crippen LogP) is 3.11. The summed E-state index contributed by atoms with van der Waals surface area (Å²) in [6, 6.07) is 4.67. The molecule has 0 heterocycles. The fourth-order valence-corrected chi connectivity index (χ4v) is 1.43. The summed E-state index contributed by atoms with van der Waals surface area (Å²) in [7, 11) is 0. The summed E-state index contributed by atoms with van der Waals surface area (Å²) < 4.78 is 10.4. The number of aromatic hydroxyl groups is 1. The normalized spacial score (nSPS) is 10.1. The van der Waals surface area contributed by atoms with Crippen molar-refractivity contribution in [3.05, 3.63) is 18.2 Å². The maximum Gasteiger partial charge on any atom is 0.311 e. The van der Waals surface area contributed by atoms with Crippen molar-refractivity contribution in [3.63, 3.8) is 0 Å². The van der Waals surface area contributed by atoms with Crippen molar-refractivity contribution in [1.29, 1.82) is 0 Å². The molecule has 0 aliphatic carbocycles. The van der Waals surface area contributed by atoms with Crippen molar-refractivity contribution >= 4 is 17.6 Å². The number of alkyl halides is 1. The number of esters is 1. The Morgan fingerprint density at radius 2 is 2.22 bits per heavy atom. The molecule has 4 nitrogen and oxygen atoms in total. The highest BCUT2D eigenvalue weighted by molar-refractivity contribution is 6.18. The van der Waals surface area contributed by atoms with E-state index in [2.05, 4.69) is 0 Å². The van der Waals surface area contributed by atoms with Crippen molar-refractivity contribution in [2.24, 2.45) is 0 Å². The average molecular weight is 273 g/mol. The van der Waals surface area contributed by atoms with Crippen LogP contribution in [0.5, 0.6) is 17.2 Å². The van der Waals surface area contributed by atoms with Gasteiger partial charge in [0.15, 0.2) is 11.5 Å². The number of rotatable bonds is 7. The topological polar surface area (TPSA) is 55.8 Å². The molecule has 0 bridgehead atoms. The van der Waals surface area contributed by atoms with E-state index in [1.807, 2.05) is 6.92 Å². The molecule has 1 aromatic rings. The van der Waals surface area contributed by atoms with E-state index in [1.165, 1.54) is 6.07 Å². The van der Waals surface area contributed by atoms with Gasteiger partial charge in [-0.15, -0.1) is 11.6 Å². The number of phenolic OH excluding ortho intramolecular Hbond substituents is 1. The minimum atomic E-state index is -0.380. The Morgan fingerprint density at radius 3 is 2.89 bits per heavy atom. The molecule has 0 radical (unpaired) electrons. The predicted molar refractivity (Wildman–Crippen MR) is 69.5 cm³/mol. The van der Waals surface area contributed by atoms with Crippen molar-refractivity contribution in [2.75, 3.05) is 12.5 Å². The van der Waals surface area contributed by atoms with Gasteiger partial charge < -0.3 is 14.6 Å². The lowest BCUT2D eigenvalue weighted by atomic mass is 10.2. The van der Waals surface area contributed by atoms with Crippen LogP contribution >= 0.6 is 11.6 Å². The van der Waals surface area contributed by atoms with E-state index in [0.717, 1.165) is 12.8 Å². The maximum absolute atomic E-state index is 11.5. The van der Waals surface area contributed by atoms with Gasteiger partial charge in [0.25, 0.3) is 0 Å². The van der Waals surface area contributed by atoms with Crippen LogP contribution in [-0.4, -0.2) is 23.6 Å². The second-order valence-corrected chi connectivity index (χ2v) is 4.10. The first kappa shape index (κ1) is 14.6. The van der Waals surface area contributed by atoms with E-state index in [-0.39, 0.29) is 24.1 Å². The molecule has 0 saturated heterocycles. The summed E-state index contributed by atoms with van der Waals surface area (Å²) in [6.07, 6.45) is 1.98. The third kappa shape index (κ3) is 4.45. The molecule has 0 fully saturated rings. The van der Waals surface area contributed by atoms with Gasteiger partial charge in [-0.3, -0.25) is 4.79 Å². The molecule has 0 amide bonds. The molecule has 0 aliphatic rings. The van der Waals surface area contributed by atoms with Gasteiger partial charge in [-0.2, -0.15) is 0 Å². The van der Waals surface area contributed by atoms with Crippen LogP contribution in [0.4, 0.5) is 0 Å². The van der Waals surface area contributed by atoms with Gasteiger partial charge in [-0.1, -0.05) is 19.4 Å². The SMILES string of the molecule is CCCCC(=O)Oc1c(O)cccc1OCCCl. The molecular formula is C13H17ClO4. The number of ether oxygens (including phenoxy) is 2. The van der Waals surface area contributed by atoms with Gasteiger partial charge in [-0.25, -0.2) is 0 Å². The average Bonchev–Trinajstić information content (AvgIpc) is 2.37. The monoisotopic (exact) mass is 272 g/mol. The molecular weight excluding hydrogens is 256 g/mol. The summed E-state index contributed by atoms with van der Waals surface area (Å²) in [5.74, 6) is 0.198. The van der Waals surface area contributed by atoms with E-state index in [1.54, 1.807) is 12.1 Å². The van der Waals surface area contributed by atoms with E-state index in [0.29, 0.717) is 18.1 Å². The zero-order chi connectivity index (χ0) is 13.4. The van der Waals surface area contributed by atoms with Gasteiger partial charge in [0, 0.05) is 6.42 Å². The molecule has 0 saturated carbocycles. The number of phenols is 1. The summed E-state index contributed by atoms with van der Waals surface area (Å²) in [5, 5.41) is 9.67. The van der Waals surface area contributed by atoms with Gasteiger partial charge in [0.2, 0.25) is 5.75 Å². The van der Waals surface area contributed by atoms with Crippen LogP contribution in [0.15, 0.2) is 18.2 Å². The molecule has 5 heteroatoms. The Hall–Kier alpha value is -1.42. The summed E-state index contributed by atoms with van der Waals surface area (Å²) in [5.41, 5.74) is 0. The molecule has 18 heavy (non-hydrogen) atoms. The third-order valence-electron chi connectivity index (χ3n) is 2.24. The van der Waals surface area contributed by atoms with E-state index >= 15 is 0 Å². The van der Waals surface area contributed by atoms with E-state index in [4.69, 9.17) is 21.1 Å². The summed E-state index contributed by atoms with van der Waals surface area (Å²) in [4.78, 5) is 11.5. The Balaban J connectivity index is 2.75. The zero-order valence-corrected chi connectivity index (χ0v) is 11.1. The first-order valence-corrected chi connectivity index (χ1v) is 6.44. The highest BCUT2D eigenvalue weighted by Gasteiger charge is 2.14. The minimum absolute atomic E-state index is 0.0590. The van der Waals surface area contributed by atoms with E-state index < -0.39 is 0 Å². The highest BCUT2D eigenvalue weighted by atomic mass is 35.5. The molecule has 0 aliphatic heterocycles. The Bertz CT molecular complexity index is 393. The molecule has 1 aromatic carbocycles. The number of carbonyl (C=O) groups excluding carboxylic acids is 1. The lowest BCUT2D eigenvalue weighted by Crippen LogP contribution is -2.09. The van der Waals surface area contributed by atoms with Crippen LogP contribution in [0, 0.1) is 0 Å². The van der Waals surface area contributed by atoms with Gasteiger partial charge in [-0.05, 0) is 18.6 Å². The van der Waals surface area contributed by atoms with Crippen molar-refractivity contribution in [3.8, 4) is 17.2 Å². The fourth-order valence-electron chi connectivity index (χ4n) is 1.36. The van der Waals surface area contributed by atoms with E-state index in [9.17, 15) is 9.90 Å². The molecule has 100 valence electrons. The minimum Gasteiger partial charge on any atom is -0.504 e. The maximum atomic E-state index is 11.5. The van der Waals surface area contributed by atoms with Gasteiger partial charge in [0.1, 0.15) is 6.61 Å². The van der Waals surface area contributed by atoms with Crippen molar-refractivity contribution in [1.82, 2.24) is 0 Å². The van der Waals surface area contributed by atoms with Crippen molar-refractivity contribution in [2.45, 2.75) is 26.2 Å². The standard InChI is InChI=1S/C13H17ClO4/c1-2-3-7-12(16)18-13-10(15)5-4-6-11(13)17-9-8-14/h4-6,15H,2-3,7-9H2,1H3. The second-order valence-electron chi connectivity index (χ2n) is 3.72. The van der Waals surface area contributed by atoms with Gasteiger partial charge in [0.05, 0.1) is 5.88 Å². The van der Waals surface area contributed by atoms with Crippen LogP contribution in [0.3, 0.4) is 0 Å². The van der Waals surface area contributed by atoms with Crippen LogP contribution in [0.25, 0.3) is 0 Å². The third-order valence-corrected chi connectivity index (χ3v) is 2.40. The van der Waals surface area contributed by atoms with Crippen LogP contribution in [0.1, 0.15) is 26.2 Å². The van der Waals surface area contributed by atoms with Crippen molar-refractivity contribution < 1.29 is 19.4 Å². The largest absolute Gasteiger partial charge is 0.504 e. The number of hydrogen-bond donors (Lipinski definition) is 1. The number of unbranched alkanes of at least 4 members (excludes halogenated alkanes) is 1. The Morgan fingerprint density at radius 1 is 1.44 bits per heavy atom. The zero-order valence-electron chi connectivity index (χ0n) is 10.3. The number of benzene rings is 1. The summed E-state index contributed by atoms with van der Waals surface area (Å²) in [6.45, 7) is 2.27. The second kappa shape index (κ2) is 7.82. The molecule has 0 spiro atoms. The van der Waals surface area contributed by atoms with Crippen LogP contribution in [-0.2, 0) is 4.79 Å². The smallest absolute Gasteiger partial charge is 0.311 e. The van der Waals surface area contributed by atoms with Gasteiger partial charge >= 0.3 is 5.97 Å². The quantitative estimate of drug-likeness (QED) is 0.471. The lowest BCUT2D eigenvalue weighted by molar-refractivity contribution is -0.134. The first-order valence-electron chi connectivity index (χ1n) is 5.90. The Labute approximate surface area is 111 Å². The molecule has 0 aromatic heterocycles. The molecule has 1 rings (SSSR count). The lowest BCUT2D eigenvalue weighted by Gasteiger charge is -2.12. The highest BCUT2D eigenvalue weighted by Crippen LogP contribution is 2.36. The summed E-state index contributed by atoms with van der Waals surface area (Å²) >= 11 is 5.52. The fraction of sp³-hybridized carbons (Fsp3) is 0.462. The first-order chi connectivity index (χ1) is 8.69.